The van der Waals surface area contributed by atoms with Crippen molar-refractivity contribution in [3.63, 3.8) is 0 Å². The van der Waals surface area contributed by atoms with E-state index in [1.807, 2.05) is 19.9 Å². The van der Waals surface area contributed by atoms with E-state index in [0.717, 1.165) is 11.4 Å². The van der Waals surface area contributed by atoms with E-state index in [1.54, 1.807) is 4.52 Å². The van der Waals surface area contributed by atoms with Gasteiger partial charge in [-0.1, -0.05) is 11.6 Å². The van der Waals surface area contributed by atoms with Crippen molar-refractivity contribution in [2.45, 2.75) is 13.8 Å². The molecule has 0 atom stereocenters. The Morgan fingerprint density at radius 2 is 2.14 bits per heavy atom. The normalized spacial score (nSPS) is 10.2. The van der Waals surface area contributed by atoms with Crippen molar-refractivity contribution in [1.82, 2.24) is 14.6 Å². The van der Waals surface area contributed by atoms with Crippen LogP contribution >= 0.6 is 24.0 Å². The average molecular weight is 234 g/mol. The van der Waals surface area contributed by atoms with Crippen LogP contribution in [-0.4, -0.2) is 14.6 Å². The Kier molecular flexibility index (Phi) is 2.87. The van der Waals surface area contributed by atoms with Crippen LogP contribution in [0.25, 0.3) is 5.65 Å². The number of nitrogens with zero attached hydrogens (tertiary/aromatic N) is 2. The Bertz CT molecular complexity index is 529. The third-order valence-electron chi connectivity index (χ3n) is 1.87. The van der Waals surface area contributed by atoms with Crippen LogP contribution in [0.2, 0.25) is 5.02 Å². The van der Waals surface area contributed by atoms with Crippen molar-refractivity contribution in [3.05, 3.63) is 32.8 Å². The molecule has 6 heteroatoms. The highest BCUT2D eigenvalue weighted by Crippen LogP contribution is 2.12. The Labute approximate surface area is 91.3 Å². The van der Waals surface area contributed by atoms with E-state index >= 15 is 0 Å². The molecule has 2 aromatic heterocycles. The summed E-state index contributed by atoms with van der Waals surface area (Å²) in [6.07, 6.45) is 0. The molecule has 1 N–H and O–H groups in total. The molecule has 2 heterocycles. The quantitative estimate of drug-likeness (QED) is 0.754. The second-order valence-electron chi connectivity index (χ2n) is 2.95. The number of H-pyrrole nitrogens is 1. The first-order valence-corrected chi connectivity index (χ1v) is 4.22. The van der Waals surface area contributed by atoms with E-state index in [-0.39, 0.29) is 23.0 Å². The van der Waals surface area contributed by atoms with Gasteiger partial charge in [-0.2, -0.15) is 0 Å². The summed E-state index contributed by atoms with van der Waals surface area (Å²) in [5.74, 6) is 0. The number of nitrogens with one attached hydrogen (secondary N) is 1. The summed E-state index contributed by atoms with van der Waals surface area (Å²) in [7, 11) is 0. The first-order valence-electron chi connectivity index (χ1n) is 3.84. The maximum absolute atomic E-state index is 11.2. The predicted octanol–water partition coefficient (Wildman–Crippen LogP) is 1.71. The molecule has 0 radical (unpaired) electrons. The fourth-order valence-corrected chi connectivity index (χ4v) is 1.49. The highest BCUT2D eigenvalue weighted by Gasteiger charge is 2.08. The van der Waals surface area contributed by atoms with Crippen LogP contribution in [0, 0.1) is 13.8 Å². The van der Waals surface area contributed by atoms with Crippen molar-refractivity contribution in [3.8, 4) is 0 Å². The van der Waals surface area contributed by atoms with Crippen LogP contribution in [0.4, 0.5) is 0 Å². The lowest BCUT2D eigenvalue weighted by atomic mass is 10.3. The van der Waals surface area contributed by atoms with Gasteiger partial charge >= 0.3 is 0 Å². The molecule has 76 valence electrons. The summed E-state index contributed by atoms with van der Waals surface area (Å²) < 4.78 is 1.58. The maximum Gasteiger partial charge on any atom is 0.285 e. The van der Waals surface area contributed by atoms with Crippen LogP contribution in [0.1, 0.15) is 11.4 Å². The Morgan fingerprint density at radius 1 is 1.50 bits per heavy atom. The molecule has 0 aliphatic rings. The number of aromatic nitrogens is 3. The molecule has 14 heavy (non-hydrogen) atoms. The monoisotopic (exact) mass is 233 g/mol. The Morgan fingerprint density at radius 3 is 2.79 bits per heavy atom. The number of aromatic amines is 1. The van der Waals surface area contributed by atoms with Crippen molar-refractivity contribution >= 4 is 29.7 Å². The first kappa shape index (κ1) is 11.1. The fourth-order valence-electron chi connectivity index (χ4n) is 1.32. The molecule has 0 spiro atoms. The predicted molar refractivity (Wildman–Crippen MR) is 57.5 cm³/mol. The second kappa shape index (κ2) is 3.63. The molecular weight excluding hydrogens is 225 g/mol. The summed E-state index contributed by atoms with van der Waals surface area (Å²) in [4.78, 5) is 15.3. The van der Waals surface area contributed by atoms with Crippen molar-refractivity contribution in [2.24, 2.45) is 0 Å². The van der Waals surface area contributed by atoms with Crippen LogP contribution in [0.15, 0.2) is 10.9 Å². The molecule has 4 nitrogen and oxygen atoms in total. The standard InChI is InChI=1S/C8H8ClN3O.ClH/c1-4-3-5(2)12-7(10-4)6(9)8(13)11-12;/h3H,1-2H3,(H,11,13);1H. The first-order chi connectivity index (χ1) is 6.09. The van der Waals surface area contributed by atoms with Gasteiger partial charge in [0.15, 0.2) is 10.7 Å². The van der Waals surface area contributed by atoms with Crippen molar-refractivity contribution in [1.29, 1.82) is 0 Å². The zero-order valence-electron chi connectivity index (χ0n) is 7.67. The van der Waals surface area contributed by atoms with Crippen molar-refractivity contribution in [2.75, 3.05) is 0 Å². The SMILES string of the molecule is Cc1cc(C)n2[nH]c(=O)c(Cl)c2n1.Cl. The van der Waals surface area contributed by atoms with E-state index in [0.29, 0.717) is 5.65 Å². The van der Waals surface area contributed by atoms with Gasteiger partial charge < -0.3 is 0 Å². The topological polar surface area (TPSA) is 50.2 Å². The molecule has 2 rings (SSSR count). The minimum atomic E-state index is -0.303. The summed E-state index contributed by atoms with van der Waals surface area (Å²) in [6.45, 7) is 3.74. The van der Waals surface area contributed by atoms with Gasteiger partial charge in [0.1, 0.15) is 0 Å². The van der Waals surface area contributed by atoms with Gasteiger partial charge in [0, 0.05) is 11.4 Å². The summed E-state index contributed by atoms with van der Waals surface area (Å²) in [5.41, 5.74) is 1.94. The largest absolute Gasteiger partial charge is 0.285 e. The zero-order chi connectivity index (χ0) is 9.59. The molecule has 0 saturated heterocycles. The lowest BCUT2D eigenvalue weighted by Crippen LogP contribution is -2.02. The van der Waals surface area contributed by atoms with Gasteiger partial charge in [-0.25, -0.2) is 9.50 Å². The van der Waals surface area contributed by atoms with Crippen LogP contribution < -0.4 is 5.56 Å². The average Bonchev–Trinajstić information content (AvgIpc) is 2.32. The van der Waals surface area contributed by atoms with Gasteiger partial charge in [0.05, 0.1) is 0 Å². The van der Waals surface area contributed by atoms with E-state index in [2.05, 4.69) is 10.1 Å². The number of hydrogen-bond donors (Lipinski definition) is 1. The molecule has 2 aromatic rings. The maximum atomic E-state index is 11.2. The molecule has 0 aliphatic heterocycles. The van der Waals surface area contributed by atoms with E-state index in [9.17, 15) is 4.79 Å². The number of hydrogen-bond acceptors (Lipinski definition) is 2. The highest BCUT2D eigenvalue weighted by molar-refractivity contribution is 6.33. The van der Waals surface area contributed by atoms with E-state index < -0.39 is 0 Å². The van der Waals surface area contributed by atoms with Gasteiger partial charge in [0.25, 0.3) is 5.56 Å². The van der Waals surface area contributed by atoms with Crippen molar-refractivity contribution < 1.29 is 0 Å². The highest BCUT2D eigenvalue weighted by atomic mass is 35.5. The second-order valence-corrected chi connectivity index (χ2v) is 3.33. The van der Waals surface area contributed by atoms with Gasteiger partial charge in [-0.05, 0) is 19.9 Å². The van der Waals surface area contributed by atoms with E-state index in [4.69, 9.17) is 11.6 Å². The fraction of sp³-hybridized carbons (Fsp3) is 0.250. The number of rotatable bonds is 0. The number of fused-ring (bicyclic) bond motifs is 1. The summed E-state index contributed by atoms with van der Waals surface area (Å²) >= 11 is 5.76. The minimum absolute atomic E-state index is 0. The van der Waals surface area contributed by atoms with Gasteiger partial charge in [-0.15, -0.1) is 12.4 Å². The lowest BCUT2D eigenvalue weighted by Gasteiger charge is -2.00. The van der Waals surface area contributed by atoms with E-state index in [1.165, 1.54) is 0 Å². The third kappa shape index (κ3) is 1.51. The molecule has 0 aromatic carbocycles. The van der Waals surface area contributed by atoms with Crippen LogP contribution in [0.3, 0.4) is 0 Å². The van der Waals surface area contributed by atoms with Gasteiger partial charge in [-0.3, -0.25) is 9.89 Å². The Hall–Kier alpha value is -1.000. The summed E-state index contributed by atoms with van der Waals surface area (Å²) in [5, 5.41) is 2.73. The molecule has 0 saturated carbocycles. The number of halogens is 2. The molecule has 0 aliphatic carbocycles. The minimum Gasteiger partial charge on any atom is -0.266 e. The molecular formula is C8H9Cl2N3O. The summed E-state index contributed by atoms with van der Waals surface area (Å²) in [6, 6.07) is 1.87. The molecule has 0 unspecified atom stereocenters. The van der Waals surface area contributed by atoms with Gasteiger partial charge in [0.2, 0.25) is 0 Å². The molecule has 0 fully saturated rings. The van der Waals surface area contributed by atoms with Crippen LogP contribution in [-0.2, 0) is 0 Å². The molecule has 0 amide bonds. The zero-order valence-corrected chi connectivity index (χ0v) is 9.24. The molecule has 0 bridgehead atoms. The lowest BCUT2D eigenvalue weighted by molar-refractivity contribution is 0.871. The smallest absolute Gasteiger partial charge is 0.266 e. The number of aryl methyl sites for hydroxylation is 2. The third-order valence-corrected chi connectivity index (χ3v) is 2.21. The Balaban J connectivity index is 0.000000980. The van der Waals surface area contributed by atoms with Crippen LogP contribution in [0.5, 0.6) is 0 Å².